The molecule has 5 heteroatoms. The molecule has 1 aliphatic heterocycles. The van der Waals surface area contributed by atoms with E-state index in [4.69, 9.17) is 0 Å². The molecule has 0 spiro atoms. The van der Waals surface area contributed by atoms with Crippen molar-refractivity contribution < 1.29 is 4.79 Å². The summed E-state index contributed by atoms with van der Waals surface area (Å²) in [5, 5.41) is 6.20. The molecule has 2 heterocycles. The summed E-state index contributed by atoms with van der Waals surface area (Å²) in [6.07, 6.45) is 4.80. The second-order valence-electron chi connectivity index (χ2n) is 6.75. The van der Waals surface area contributed by atoms with Gasteiger partial charge < -0.3 is 10.6 Å². The van der Waals surface area contributed by atoms with Crippen molar-refractivity contribution in [3.05, 3.63) is 59.4 Å². The van der Waals surface area contributed by atoms with Gasteiger partial charge in [-0.15, -0.1) is 0 Å². The van der Waals surface area contributed by atoms with Gasteiger partial charge in [-0.05, 0) is 55.6 Å². The molecule has 0 saturated carbocycles. The highest BCUT2D eigenvalue weighted by molar-refractivity contribution is 5.99. The van der Waals surface area contributed by atoms with E-state index in [0.717, 1.165) is 43.9 Å². The van der Waals surface area contributed by atoms with Gasteiger partial charge in [0.25, 0.3) is 5.91 Å². The maximum Gasteiger partial charge on any atom is 0.253 e. The van der Waals surface area contributed by atoms with Crippen LogP contribution < -0.4 is 10.6 Å². The SMILES string of the molecule is CNc1ccc(C)cc1C(=O)NCC1CCN(Cc2ccncc2)C1. The summed E-state index contributed by atoms with van der Waals surface area (Å²) in [4.78, 5) is 19.0. The number of aryl methyl sites for hydroxylation is 1. The van der Waals surface area contributed by atoms with Gasteiger partial charge in [-0.3, -0.25) is 14.7 Å². The van der Waals surface area contributed by atoms with Crippen molar-refractivity contribution in [1.29, 1.82) is 0 Å². The summed E-state index contributed by atoms with van der Waals surface area (Å²) < 4.78 is 0. The Morgan fingerprint density at radius 2 is 2.08 bits per heavy atom. The zero-order valence-corrected chi connectivity index (χ0v) is 15.0. The highest BCUT2D eigenvalue weighted by atomic mass is 16.1. The van der Waals surface area contributed by atoms with Crippen LogP contribution in [0.5, 0.6) is 0 Å². The van der Waals surface area contributed by atoms with Crippen molar-refractivity contribution in [1.82, 2.24) is 15.2 Å². The number of pyridine rings is 1. The molecule has 1 aromatic carbocycles. The van der Waals surface area contributed by atoms with Crippen LogP contribution >= 0.6 is 0 Å². The van der Waals surface area contributed by atoms with Gasteiger partial charge in [-0.25, -0.2) is 0 Å². The number of amides is 1. The number of hydrogen-bond donors (Lipinski definition) is 2. The van der Waals surface area contributed by atoms with E-state index < -0.39 is 0 Å². The van der Waals surface area contributed by atoms with Crippen LogP contribution in [-0.4, -0.2) is 42.5 Å². The topological polar surface area (TPSA) is 57.3 Å². The van der Waals surface area contributed by atoms with E-state index in [9.17, 15) is 4.79 Å². The second kappa shape index (κ2) is 8.12. The molecule has 0 bridgehead atoms. The Balaban J connectivity index is 1.51. The highest BCUT2D eigenvalue weighted by Crippen LogP contribution is 2.19. The van der Waals surface area contributed by atoms with Crippen molar-refractivity contribution in [2.45, 2.75) is 19.9 Å². The van der Waals surface area contributed by atoms with E-state index in [1.165, 1.54) is 5.56 Å². The van der Waals surface area contributed by atoms with Gasteiger partial charge in [-0.1, -0.05) is 11.6 Å². The summed E-state index contributed by atoms with van der Waals surface area (Å²) >= 11 is 0. The summed E-state index contributed by atoms with van der Waals surface area (Å²) in [7, 11) is 1.84. The zero-order chi connectivity index (χ0) is 17.6. The van der Waals surface area contributed by atoms with Gasteiger partial charge in [-0.2, -0.15) is 0 Å². The summed E-state index contributed by atoms with van der Waals surface area (Å²) in [5.74, 6) is 0.509. The fraction of sp³-hybridized carbons (Fsp3) is 0.400. The molecule has 2 N–H and O–H groups in total. The lowest BCUT2D eigenvalue weighted by molar-refractivity contribution is 0.0948. The Labute approximate surface area is 149 Å². The van der Waals surface area contributed by atoms with Gasteiger partial charge in [0.1, 0.15) is 0 Å². The minimum Gasteiger partial charge on any atom is -0.387 e. The third-order valence-corrected chi connectivity index (χ3v) is 4.77. The predicted molar refractivity (Wildman–Crippen MR) is 101 cm³/mol. The van der Waals surface area contributed by atoms with Crippen molar-refractivity contribution in [2.75, 3.05) is 32.0 Å². The molecule has 3 rings (SSSR count). The van der Waals surface area contributed by atoms with Crippen LogP contribution in [0.1, 0.15) is 27.9 Å². The Morgan fingerprint density at radius 1 is 1.28 bits per heavy atom. The minimum atomic E-state index is 0.000587. The number of nitrogens with one attached hydrogen (secondary N) is 2. The van der Waals surface area contributed by atoms with Crippen molar-refractivity contribution in [3.63, 3.8) is 0 Å². The molecule has 1 fully saturated rings. The molecule has 1 saturated heterocycles. The van der Waals surface area contributed by atoms with E-state index >= 15 is 0 Å². The number of anilines is 1. The van der Waals surface area contributed by atoms with E-state index in [-0.39, 0.29) is 5.91 Å². The molecule has 1 aromatic heterocycles. The first kappa shape index (κ1) is 17.4. The first-order chi connectivity index (χ1) is 12.2. The Bertz CT molecular complexity index is 717. The van der Waals surface area contributed by atoms with Crippen LogP contribution in [0.2, 0.25) is 0 Å². The van der Waals surface area contributed by atoms with Gasteiger partial charge in [0.15, 0.2) is 0 Å². The molecule has 0 aliphatic carbocycles. The largest absolute Gasteiger partial charge is 0.387 e. The van der Waals surface area contributed by atoms with Gasteiger partial charge in [0, 0.05) is 44.8 Å². The number of nitrogens with zero attached hydrogens (tertiary/aromatic N) is 2. The Hall–Kier alpha value is -2.40. The first-order valence-electron chi connectivity index (χ1n) is 8.83. The van der Waals surface area contributed by atoms with Crippen LogP contribution in [0, 0.1) is 12.8 Å². The number of rotatable bonds is 6. The monoisotopic (exact) mass is 338 g/mol. The fourth-order valence-electron chi connectivity index (χ4n) is 3.37. The Kier molecular flexibility index (Phi) is 5.66. The second-order valence-corrected chi connectivity index (χ2v) is 6.75. The maximum absolute atomic E-state index is 12.5. The van der Waals surface area contributed by atoms with Crippen LogP contribution in [0.3, 0.4) is 0 Å². The molecule has 132 valence electrons. The molecule has 25 heavy (non-hydrogen) atoms. The number of carbonyl (C=O) groups excluding carboxylic acids is 1. The van der Waals surface area contributed by atoms with E-state index in [1.54, 1.807) is 0 Å². The molecule has 1 unspecified atom stereocenters. The third kappa shape index (κ3) is 4.57. The van der Waals surface area contributed by atoms with Crippen LogP contribution in [0.25, 0.3) is 0 Å². The molecular weight excluding hydrogens is 312 g/mol. The van der Waals surface area contributed by atoms with E-state index in [0.29, 0.717) is 11.5 Å². The van der Waals surface area contributed by atoms with Crippen LogP contribution in [-0.2, 0) is 6.54 Å². The van der Waals surface area contributed by atoms with Gasteiger partial charge >= 0.3 is 0 Å². The van der Waals surface area contributed by atoms with Crippen molar-refractivity contribution in [2.24, 2.45) is 5.92 Å². The predicted octanol–water partition coefficient (Wildman–Crippen LogP) is 2.68. The zero-order valence-electron chi connectivity index (χ0n) is 15.0. The van der Waals surface area contributed by atoms with Crippen molar-refractivity contribution in [3.8, 4) is 0 Å². The van der Waals surface area contributed by atoms with E-state index in [2.05, 4.69) is 32.7 Å². The molecule has 0 radical (unpaired) electrons. The lowest BCUT2D eigenvalue weighted by Crippen LogP contribution is -2.31. The van der Waals surface area contributed by atoms with Crippen LogP contribution in [0.15, 0.2) is 42.7 Å². The molecule has 1 aliphatic rings. The molecule has 5 nitrogen and oxygen atoms in total. The fourth-order valence-corrected chi connectivity index (χ4v) is 3.37. The summed E-state index contributed by atoms with van der Waals surface area (Å²) in [5.41, 5.74) is 3.97. The van der Waals surface area contributed by atoms with Crippen molar-refractivity contribution >= 4 is 11.6 Å². The number of likely N-dealkylation sites (tertiary alicyclic amines) is 1. The molecule has 2 aromatic rings. The first-order valence-corrected chi connectivity index (χ1v) is 8.83. The number of hydrogen-bond acceptors (Lipinski definition) is 4. The number of carbonyl (C=O) groups is 1. The van der Waals surface area contributed by atoms with Crippen LogP contribution in [0.4, 0.5) is 5.69 Å². The van der Waals surface area contributed by atoms with Gasteiger partial charge in [0.2, 0.25) is 0 Å². The number of aromatic nitrogens is 1. The minimum absolute atomic E-state index is 0.000587. The quantitative estimate of drug-likeness (QED) is 0.850. The summed E-state index contributed by atoms with van der Waals surface area (Å²) in [6.45, 7) is 5.78. The van der Waals surface area contributed by atoms with E-state index in [1.807, 2.05) is 44.6 Å². The average molecular weight is 338 g/mol. The Morgan fingerprint density at radius 3 is 2.84 bits per heavy atom. The smallest absolute Gasteiger partial charge is 0.253 e. The highest BCUT2D eigenvalue weighted by Gasteiger charge is 2.23. The molecule has 1 atom stereocenters. The summed E-state index contributed by atoms with van der Waals surface area (Å²) in [6, 6.07) is 10.0. The average Bonchev–Trinajstić information content (AvgIpc) is 3.08. The lowest BCUT2D eigenvalue weighted by atomic mass is 10.1. The standard InChI is InChI=1S/C20H26N4O/c1-15-3-4-19(21-2)18(11-15)20(25)23-12-17-7-10-24(14-17)13-16-5-8-22-9-6-16/h3-6,8-9,11,17,21H,7,10,12-14H2,1-2H3,(H,23,25). The maximum atomic E-state index is 12.5. The lowest BCUT2D eigenvalue weighted by Gasteiger charge is -2.17. The number of benzene rings is 1. The normalized spacial score (nSPS) is 17.4. The molecular formula is C20H26N4O. The molecule has 1 amide bonds. The van der Waals surface area contributed by atoms with Gasteiger partial charge in [0.05, 0.1) is 5.56 Å². The third-order valence-electron chi connectivity index (χ3n) is 4.77.